The number of rotatable bonds is 3. The molecule has 1 aliphatic carbocycles. The van der Waals surface area contributed by atoms with Crippen molar-refractivity contribution in [1.82, 2.24) is 4.90 Å². The van der Waals surface area contributed by atoms with Gasteiger partial charge < -0.3 is 9.80 Å². The van der Waals surface area contributed by atoms with Gasteiger partial charge in [0.1, 0.15) is 6.54 Å². The summed E-state index contributed by atoms with van der Waals surface area (Å²) in [6, 6.07) is 8.86. The molecular formula is C19H29N2O+. The van der Waals surface area contributed by atoms with E-state index in [4.69, 9.17) is 0 Å². The molecule has 1 saturated heterocycles. The van der Waals surface area contributed by atoms with Crippen LogP contribution in [0.5, 0.6) is 0 Å². The number of hydrogen-bond donors (Lipinski definition) is 1. The maximum Gasteiger partial charge on any atom is 0.226 e. The van der Waals surface area contributed by atoms with Gasteiger partial charge in [0.2, 0.25) is 5.91 Å². The SMILES string of the molecule is Cc1ccc(C[NH+]2CCN(C(=O)C3CCCCC3)CC2)cc1. The van der Waals surface area contributed by atoms with E-state index in [1.54, 1.807) is 4.90 Å². The third kappa shape index (κ3) is 3.89. The van der Waals surface area contributed by atoms with Crippen molar-refractivity contribution < 1.29 is 9.69 Å². The Hall–Kier alpha value is -1.35. The number of nitrogens with zero attached hydrogens (tertiary/aromatic N) is 1. The standard InChI is InChI=1S/C19H28N2O/c1-16-7-9-17(10-8-16)15-20-11-13-21(14-12-20)19(22)18-5-3-2-4-6-18/h7-10,18H,2-6,11-15H2,1H3/p+1. The van der Waals surface area contributed by atoms with Gasteiger partial charge in [0.25, 0.3) is 0 Å². The van der Waals surface area contributed by atoms with Crippen LogP contribution in [0.25, 0.3) is 0 Å². The normalized spacial score (nSPS) is 21.0. The molecule has 0 atom stereocenters. The summed E-state index contributed by atoms with van der Waals surface area (Å²) < 4.78 is 0. The van der Waals surface area contributed by atoms with Gasteiger partial charge in [-0.2, -0.15) is 0 Å². The highest BCUT2D eigenvalue weighted by Gasteiger charge is 2.29. The van der Waals surface area contributed by atoms with Crippen LogP contribution in [0.1, 0.15) is 43.2 Å². The molecule has 0 bridgehead atoms. The molecule has 1 heterocycles. The van der Waals surface area contributed by atoms with E-state index in [0.717, 1.165) is 45.6 Å². The van der Waals surface area contributed by atoms with Gasteiger partial charge in [0.15, 0.2) is 0 Å². The number of benzene rings is 1. The molecule has 0 radical (unpaired) electrons. The van der Waals surface area contributed by atoms with Crippen LogP contribution in [0.4, 0.5) is 0 Å². The Morgan fingerprint density at radius 2 is 1.73 bits per heavy atom. The molecule has 3 rings (SSSR count). The van der Waals surface area contributed by atoms with Crippen LogP contribution in [0.2, 0.25) is 0 Å². The van der Waals surface area contributed by atoms with Gasteiger partial charge in [-0.05, 0) is 19.8 Å². The fourth-order valence-electron chi connectivity index (χ4n) is 3.82. The summed E-state index contributed by atoms with van der Waals surface area (Å²) >= 11 is 0. The third-order valence-electron chi connectivity index (χ3n) is 5.31. The third-order valence-corrected chi connectivity index (χ3v) is 5.31. The fraction of sp³-hybridized carbons (Fsp3) is 0.632. The molecule has 2 fully saturated rings. The molecule has 1 aromatic carbocycles. The molecule has 1 aliphatic heterocycles. The molecular weight excluding hydrogens is 272 g/mol. The summed E-state index contributed by atoms with van der Waals surface area (Å²) in [5, 5.41) is 0. The lowest BCUT2D eigenvalue weighted by molar-refractivity contribution is -0.917. The number of aryl methyl sites for hydroxylation is 1. The zero-order valence-electron chi connectivity index (χ0n) is 13.8. The monoisotopic (exact) mass is 301 g/mol. The van der Waals surface area contributed by atoms with Crippen molar-refractivity contribution in [3.63, 3.8) is 0 Å². The Morgan fingerprint density at radius 3 is 2.36 bits per heavy atom. The van der Waals surface area contributed by atoms with Crippen molar-refractivity contribution in [2.24, 2.45) is 5.92 Å². The number of hydrogen-bond acceptors (Lipinski definition) is 1. The van der Waals surface area contributed by atoms with E-state index in [0.29, 0.717) is 11.8 Å². The predicted octanol–water partition coefficient (Wildman–Crippen LogP) is 1.80. The summed E-state index contributed by atoms with van der Waals surface area (Å²) in [7, 11) is 0. The summed E-state index contributed by atoms with van der Waals surface area (Å²) in [4.78, 5) is 16.3. The average Bonchev–Trinajstić information content (AvgIpc) is 2.58. The number of piperazine rings is 1. The Bertz CT molecular complexity index is 483. The fourth-order valence-corrected chi connectivity index (χ4v) is 3.82. The number of carbonyl (C=O) groups is 1. The molecule has 0 unspecified atom stereocenters. The van der Waals surface area contributed by atoms with Gasteiger partial charge >= 0.3 is 0 Å². The molecule has 1 saturated carbocycles. The van der Waals surface area contributed by atoms with Crippen LogP contribution >= 0.6 is 0 Å². The Balaban J connectivity index is 1.47. The van der Waals surface area contributed by atoms with Crippen LogP contribution in [-0.2, 0) is 11.3 Å². The van der Waals surface area contributed by atoms with Crippen LogP contribution in [-0.4, -0.2) is 37.0 Å². The second-order valence-electron chi connectivity index (χ2n) is 7.07. The minimum Gasteiger partial charge on any atom is -0.331 e. The number of nitrogens with one attached hydrogen (secondary N) is 1. The number of quaternary nitrogens is 1. The van der Waals surface area contributed by atoms with Gasteiger partial charge in [-0.3, -0.25) is 4.79 Å². The molecule has 1 N–H and O–H groups in total. The van der Waals surface area contributed by atoms with Gasteiger partial charge in [0.05, 0.1) is 26.2 Å². The largest absolute Gasteiger partial charge is 0.331 e. The lowest BCUT2D eigenvalue weighted by atomic mass is 9.88. The number of amides is 1. The van der Waals surface area contributed by atoms with Crippen molar-refractivity contribution in [1.29, 1.82) is 0 Å². The van der Waals surface area contributed by atoms with Crippen molar-refractivity contribution in [3.8, 4) is 0 Å². The minimum absolute atomic E-state index is 0.326. The van der Waals surface area contributed by atoms with E-state index in [1.807, 2.05) is 0 Å². The van der Waals surface area contributed by atoms with Crippen molar-refractivity contribution >= 4 is 5.91 Å². The maximum absolute atomic E-state index is 12.6. The first-order valence-electron chi connectivity index (χ1n) is 8.90. The van der Waals surface area contributed by atoms with Crippen molar-refractivity contribution in [2.45, 2.75) is 45.6 Å². The van der Waals surface area contributed by atoms with Crippen LogP contribution in [0.3, 0.4) is 0 Å². The first kappa shape index (κ1) is 15.5. The van der Waals surface area contributed by atoms with Gasteiger partial charge in [-0.15, -0.1) is 0 Å². The first-order valence-corrected chi connectivity index (χ1v) is 8.90. The molecule has 1 aromatic rings. The van der Waals surface area contributed by atoms with Crippen LogP contribution < -0.4 is 4.90 Å². The van der Waals surface area contributed by atoms with E-state index in [-0.39, 0.29) is 0 Å². The summed E-state index contributed by atoms with van der Waals surface area (Å²) in [5.74, 6) is 0.765. The maximum atomic E-state index is 12.6. The van der Waals surface area contributed by atoms with Crippen molar-refractivity contribution in [3.05, 3.63) is 35.4 Å². The summed E-state index contributed by atoms with van der Waals surface area (Å²) in [5.41, 5.74) is 2.73. The predicted molar refractivity (Wildman–Crippen MR) is 88.7 cm³/mol. The molecule has 2 aliphatic rings. The van der Waals surface area contributed by atoms with E-state index >= 15 is 0 Å². The molecule has 0 aromatic heterocycles. The van der Waals surface area contributed by atoms with E-state index < -0.39 is 0 Å². The Kier molecular flexibility index (Phi) is 5.14. The van der Waals surface area contributed by atoms with E-state index in [2.05, 4.69) is 36.1 Å². The topological polar surface area (TPSA) is 24.8 Å². The van der Waals surface area contributed by atoms with Crippen LogP contribution in [0.15, 0.2) is 24.3 Å². The van der Waals surface area contributed by atoms with Gasteiger partial charge in [-0.25, -0.2) is 0 Å². The first-order chi connectivity index (χ1) is 10.7. The smallest absolute Gasteiger partial charge is 0.226 e. The highest BCUT2D eigenvalue weighted by molar-refractivity contribution is 5.79. The quantitative estimate of drug-likeness (QED) is 0.905. The lowest BCUT2D eigenvalue weighted by Crippen LogP contribution is -3.13. The minimum atomic E-state index is 0.326. The Morgan fingerprint density at radius 1 is 1.09 bits per heavy atom. The molecule has 0 spiro atoms. The average molecular weight is 301 g/mol. The zero-order valence-corrected chi connectivity index (χ0v) is 13.8. The van der Waals surface area contributed by atoms with Crippen molar-refractivity contribution in [2.75, 3.05) is 26.2 Å². The van der Waals surface area contributed by atoms with Gasteiger partial charge in [-0.1, -0.05) is 49.1 Å². The number of carbonyl (C=O) groups excluding carboxylic acids is 1. The second kappa shape index (κ2) is 7.28. The van der Waals surface area contributed by atoms with Crippen LogP contribution in [0, 0.1) is 12.8 Å². The van der Waals surface area contributed by atoms with E-state index in [1.165, 1.54) is 30.4 Å². The highest BCUT2D eigenvalue weighted by atomic mass is 16.2. The molecule has 3 heteroatoms. The molecule has 22 heavy (non-hydrogen) atoms. The van der Waals surface area contributed by atoms with E-state index in [9.17, 15) is 4.79 Å². The molecule has 1 amide bonds. The Labute approximate surface area is 134 Å². The summed E-state index contributed by atoms with van der Waals surface area (Å²) in [6.45, 7) is 7.28. The summed E-state index contributed by atoms with van der Waals surface area (Å²) in [6.07, 6.45) is 6.05. The lowest BCUT2D eigenvalue weighted by Gasteiger charge is -2.35. The molecule has 120 valence electrons. The zero-order chi connectivity index (χ0) is 15.4. The highest BCUT2D eigenvalue weighted by Crippen LogP contribution is 2.25. The van der Waals surface area contributed by atoms with Gasteiger partial charge in [0, 0.05) is 11.5 Å². The second-order valence-corrected chi connectivity index (χ2v) is 7.07. The molecule has 3 nitrogen and oxygen atoms in total.